The molecule has 8 heteroatoms. The largest absolute Gasteiger partial charge is 0.480 e. The third kappa shape index (κ3) is 5.08. The van der Waals surface area contributed by atoms with Gasteiger partial charge in [0.1, 0.15) is 12.6 Å². The first-order valence-corrected chi connectivity index (χ1v) is 10.7. The Hall–Kier alpha value is -3.39. The van der Waals surface area contributed by atoms with Crippen molar-refractivity contribution in [3.63, 3.8) is 0 Å². The van der Waals surface area contributed by atoms with Crippen molar-refractivity contribution in [3.8, 4) is 11.1 Å². The Morgan fingerprint density at radius 1 is 1.00 bits per heavy atom. The highest BCUT2D eigenvalue weighted by Gasteiger charge is 2.31. The predicted octanol–water partition coefficient (Wildman–Crippen LogP) is 2.64. The van der Waals surface area contributed by atoms with E-state index in [0.29, 0.717) is 12.8 Å². The number of nitrogens with one attached hydrogen (secondary N) is 2. The molecule has 0 aliphatic heterocycles. The zero-order chi connectivity index (χ0) is 23.3. The van der Waals surface area contributed by atoms with E-state index in [9.17, 15) is 19.5 Å². The van der Waals surface area contributed by atoms with Gasteiger partial charge in [-0.3, -0.25) is 4.79 Å². The second-order valence-electron chi connectivity index (χ2n) is 7.88. The number of hydrogen-bond acceptors (Lipinski definition) is 5. The molecule has 0 aromatic heterocycles. The van der Waals surface area contributed by atoms with Crippen LogP contribution in [0.3, 0.4) is 0 Å². The molecule has 0 saturated carbocycles. The van der Waals surface area contributed by atoms with Gasteiger partial charge < -0.3 is 25.6 Å². The highest BCUT2D eigenvalue weighted by atomic mass is 16.5. The van der Waals surface area contributed by atoms with Gasteiger partial charge in [0.15, 0.2) is 6.04 Å². The van der Waals surface area contributed by atoms with Crippen LogP contribution in [-0.2, 0) is 14.3 Å². The quantitative estimate of drug-likeness (QED) is 0.475. The van der Waals surface area contributed by atoms with Crippen LogP contribution in [0.5, 0.6) is 0 Å². The molecule has 0 fully saturated rings. The minimum absolute atomic E-state index is 0.103. The third-order valence-electron chi connectivity index (χ3n) is 5.58. The summed E-state index contributed by atoms with van der Waals surface area (Å²) in [5.74, 6) is -2.16. The van der Waals surface area contributed by atoms with Crippen molar-refractivity contribution in [1.29, 1.82) is 0 Å². The molecule has 0 saturated heterocycles. The summed E-state index contributed by atoms with van der Waals surface area (Å²) >= 11 is 0. The molecule has 1 aliphatic carbocycles. The molecule has 2 aromatic carbocycles. The molecular formula is C24H28N2O6. The van der Waals surface area contributed by atoms with E-state index in [2.05, 4.69) is 10.6 Å². The lowest BCUT2D eigenvalue weighted by molar-refractivity contribution is -0.145. The monoisotopic (exact) mass is 440 g/mol. The van der Waals surface area contributed by atoms with Crippen LogP contribution in [0.2, 0.25) is 0 Å². The fourth-order valence-corrected chi connectivity index (χ4v) is 3.98. The third-order valence-corrected chi connectivity index (χ3v) is 5.58. The lowest BCUT2D eigenvalue weighted by Crippen LogP contribution is -2.54. The van der Waals surface area contributed by atoms with E-state index in [1.165, 1.54) is 6.92 Å². The van der Waals surface area contributed by atoms with E-state index in [0.717, 1.165) is 22.3 Å². The van der Waals surface area contributed by atoms with Crippen LogP contribution >= 0.6 is 0 Å². The number of alkyl carbamates (subject to hydrolysis) is 1. The van der Waals surface area contributed by atoms with E-state index in [1.54, 1.807) is 0 Å². The number of carbonyl (C=O) groups excluding carboxylic acids is 2. The van der Waals surface area contributed by atoms with Crippen molar-refractivity contribution in [1.82, 2.24) is 10.6 Å². The van der Waals surface area contributed by atoms with Crippen molar-refractivity contribution < 1.29 is 29.3 Å². The lowest BCUT2D eigenvalue weighted by atomic mass is 9.98. The average Bonchev–Trinajstić information content (AvgIpc) is 3.09. The molecule has 0 spiro atoms. The van der Waals surface area contributed by atoms with Gasteiger partial charge >= 0.3 is 12.1 Å². The molecule has 3 atom stereocenters. The number of carboxylic acid groups (broad SMARTS) is 1. The first kappa shape index (κ1) is 23.3. The van der Waals surface area contributed by atoms with Crippen LogP contribution in [0.1, 0.15) is 43.7 Å². The van der Waals surface area contributed by atoms with Crippen LogP contribution in [0, 0.1) is 0 Å². The highest BCUT2D eigenvalue weighted by molar-refractivity contribution is 5.89. The van der Waals surface area contributed by atoms with Crippen LogP contribution in [0.15, 0.2) is 48.5 Å². The summed E-state index contributed by atoms with van der Waals surface area (Å²) in [6.07, 6.45) is -1.17. The van der Waals surface area contributed by atoms with Gasteiger partial charge in [0.05, 0.1) is 6.10 Å². The van der Waals surface area contributed by atoms with Crippen LogP contribution in [0.4, 0.5) is 4.79 Å². The van der Waals surface area contributed by atoms with E-state index in [1.807, 2.05) is 55.5 Å². The maximum absolute atomic E-state index is 12.5. The summed E-state index contributed by atoms with van der Waals surface area (Å²) < 4.78 is 5.47. The van der Waals surface area contributed by atoms with E-state index >= 15 is 0 Å². The number of carboxylic acids is 1. The molecule has 170 valence electrons. The Balaban J connectivity index is 1.65. The van der Waals surface area contributed by atoms with Gasteiger partial charge in [-0.15, -0.1) is 0 Å². The molecule has 2 unspecified atom stereocenters. The van der Waals surface area contributed by atoms with Crippen molar-refractivity contribution in [2.24, 2.45) is 0 Å². The van der Waals surface area contributed by atoms with Crippen LogP contribution in [-0.4, -0.2) is 53.0 Å². The Bertz CT molecular complexity index is 944. The second-order valence-corrected chi connectivity index (χ2v) is 7.88. The van der Waals surface area contributed by atoms with Crippen molar-refractivity contribution >= 4 is 18.0 Å². The first-order chi connectivity index (χ1) is 15.3. The number of carbonyl (C=O) groups is 3. The molecule has 2 amide bonds. The predicted molar refractivity (Wildman–Crippen MR) is 118 cm³/mol. The summed E-state index contributed by atoms with van der Waals surface area (Å²) in [6, 6.07) is 13.5. The van der Waals surface area contributed by atoms with Gasteiger partial charge in [-0.25, -0.2) is 9.59 Å². The van der Waals surface area contributed by atoms with Crippen LogP contribution in [0.25, 0.3) is 11.1 Å². The standard InChI is InChI=1S/C24H28N2O6/c1-3-8-20(22(28)26-21(14(2)27)23(29)30)25-24(31)32-13-19-17-11-6-4-9-15(17)16-10-5-7-12-18(16)19/h4-7,9-12,14,19-21,27H,3,8,13H2,1-2H3,(H,25,31)(H,26,28)(H,29,30)/t14?,20-,21?/m1/s1. The van der Waals surface area contributed by atoms with Gasteiger partial charge in [0, 0.05) is 5.92 Å². The number of ether oxygens (including phenoxy) is 1. The van der Waals surface area contributed by atoms with Crippen molar-refractivity contribution in [3.05, 3.63) is 59.7 Å². The number of amides is 2. The number of benzene rings is 2. The SMILES string of the molecule is CCC[C@@H](NC(=O)OCC1c2ccccc2-c2ccccc21)C(=O)NC(C(=O)O)C(C)O. The number of rotatable bonds is 9. The summed E-state index contributed by atoms with van der Waals surface area (Å²) in [4.78, 5) is 36.3. The van der Waals surface area contributed by atoms with Gasteiger partial charge in [-0.2, -0.15) is 0 Å². The lowest BCUT2D eigenvalue weighted by Gasteiger charge is -2.22. The molecule has 4 N–H and O–H groups in total. The zero-order valence-electron chi connectivity index (χ0n) is 18.1. The molecule has 1 aliphatic rings. The summed E-state index contributed by atoms with van der Waals surface area (Å²) in [6.45, 7) is 3.21. The molecule has 32 heavy (non-hydrogen) atoms. The Morgan fingerprint density at radius 2 is 1.56 bits per heavy atom. The minimum atomic E-state index is -1.47. The highest BCUT2D eigenvalue weighted by Crippen LogP contribution is 2.44. The maximum atomic E-state index is 12.5. The van der Waals surface area contributed by atoms with E-state index in [-0.39, 0.29) is 12.5 Å². The molecule has 0 bridgehead atoms. The number of aliphatic hydroxyl groups excluding tert-OH is 1. The van der Waals surface area contributed by atoms with E-state index < -0.39 is 36.2 Å². The summed E-state index contributed by atoms with van der Waals surface area (Å²) in [5.41, 5.74) is 4.37. The molecule has 2 aromatic rings. The average molecular weight is 440 g/mol. The molecule has 0 radical (unpaired) electrons. The number of hydrogen-bond donors (Lipinski definition) is 4. The topological polar surface area (TPSA) is 125 Å². The molecule has 3 rings (SSSR count). The van der Waals surface area contributed by atoms with Gasteiger partial charge in [-0.1, -0.05) is 61.9 Å². The fraction of sp³-hybridized carbons (Fsp3) is 0.375. The van der Waals surface area contributed by atoms with Gasteiger partial charge in [-0.05, 0) is 35.6 Å². The normalized spacial score (nSPS) is 15.1. The molecule has 8 nitrogen and oxygen atoms in total. The number of fused-ring (bicyclic) bond motifs is 3. The van der Waals surface area contributed by atoms with Crippen molar-refractivity contribution in [2.75, 3.05) is 6.61 Å². The fourth-order valence-electron chi connectivity index (χ4n) is 3.98. The second kappa shape index (κ2) is 10.3. The summed E-state index contributed by atoms with van der Waals surface area (Å²) in [7, 11) is 0. The molecule has 0 heterocycles. The van der Waals surface area contributed by atoms with Crippen LogP contribution < -0.4 is 10.6 Å². The summed E-state index contributed by atoms with van der Waals surface area (Å²) in [5, 5.41) is 23.5. The zero-order valence-corrected chi connectivity index (χ0v) is 18.1. The maximum Gasteiger partial charge on any atom is 0.407 e. The minimum Gasteiger partial charge on any atom is -0.480 e. The van der Waals surface area contributed by atoms with Gasteiger partial charge in [0.25, 0.3) is 0 Å². The molecular weight excluding hydrogens is 412 g/mol. The first-order valence-electron chi connectivity index (χ1n) is 10.7. The smallest absolute Gasteiger partial charge is 0.407 e. The number of aliphatic carboxylic acids is 1. The Labute approximate surface area is 186 Å². The number of aliphatic hydroxyl groups is 1. The Kier molecular flexibility index (Phi) is 7.48. The van der Waals surface area contributed by atoms with Crippen molar-refractivity contribution in [2.45, 2.75) is 50.8 Å². The van der Waals surface area contributed by atoms with E-state index in [4.69, 9.17) is 9.84 Å². The Morgan fingerprint density at radius 3 is 2.06 bits per heavy atom. The van der Waals surface area contributed by atoms with Gasteiger partial charge in [0.2, 0.25) is 5.91 Å².